The summed E-state index contributed by atoms with van der Waals surface area (Å²) in [6.07, 6.45) is 7.04. The molecule has 5 heteroatoms. The molecule has 2 rings (SSSR count). The third kappa shape index (κ3) is 2.12. The molecule has 1 heterocycles. The van der Waals surface area contributed by atoms with E-state index in [2.05, 4.69) is 10.2 Å². The fourth-order valence-corrected chi connectivity index (χ4v) is 2.41. The van der Waals surface area contributed by atoms with Crippen LogP contribution >= 0.6 is 0 Å². The van der Waals surface area contributed by atoms with Crippen molar-refractivity contribution >= 4 is 0 Å². The Labute approximate surface area is 88.1 Å². The SMILES string of the molecule is O=c1[nH]ncn1CC1(CO)CCCCC1. The van der Waals surface area contributed by atoms with Gasteiger partial charge in [0, 0.05) is 12.0 Å². The Bertz CT molecular complexity index is 363. The van der Waals surface area contributed by atoms with E-state index in [9.17, 15) is 9.90 Å². The number of rotatable bonds is 3. The topological polar surface area (TPSA) is 70.9 Å². The lowest BCUT2D eigenvalue weighted by atomic mass is 9.74. The number of aliphatic hydroxyl groups is 1. The highest BCUT2D eigenvalue weighted by molar-refractivity contribution is 4.83. The molecule has 0 aliphatic heterocycles. The molecule has 0 unspecified atom stereocenters. The fourth-order valence-electron chi connectivity index (χ4n) is 2.41. The Morgan fingerprint density at radius 1 is 1.47 bits per heavy atom. The molecule has 0 bridgehead atoms. The zero-order valence-corrected chi connectivity index (χ0v) is 8.78. The van der Waals surface area contributed by atoms with Crippen LogP contribution in [0.1, 0.15) is 32.1 Å². The average Bonchev–Trinajstić information content (AvgIpc) is 2.66. The first-order chi connectivity index (χ1) is 7.26. The van der Waals surface area contributed by atoms with E-state index < -0.39 is 0 Å². The van der Waals surface area contributed by atoms with Crippen LogP contribution in [-0.2, 0) is 6.54 Å². The van der Waals surface area contributed by atoms with Gasteiger partial charge in [0.1, 0.15) is 6.33 Å². The molecule has 1 aromatic heterocycles. The lowest BCUT2D eigenvalue weighted by Crippen LogP contribution is -2.36. The van der Waals surface area contributed by atoms with Crippen molar-refractivity contribution in [2.45, 2.75) is 38.6 Å². The lowest BCUT2D eigenvalue weighted by Gasteiger charge is -2.35. The van der Waals surface area contributed by atoms with Crippen molar-refractivity contribution < 1.29 is 5.11 Å². The third-order valence-electron chi connectivity index (χ3n) is 3.37. The van der Waals surface area contributed by atoms with Crippen LogP contribution < -0.4 is 5.69 Å². The van der Waals surface area contributed by atoms with Gasteiger partial charge >= 0.3 is 5.69 Å². The number of hydrogen-bond acceptors (Lipinski definition) is 3. The summed E-state index contributed by atoms with van der Waals surface area (Å²) in [6.45, 7) is 0.740. The van der Waals surface area contributed by atoms with Gasteiger partial charge in [-0.2, -0.15) is 5.10 Å². The van der Waals surface area contributed by atoms with Gasteiger partial charge in [0.2, 0.25) is 0 Å². The maximum Gasteiger partial charge on any atom is 0.343 e. The third-order valence-corrected chi connectivity index (χ3v) is 3.37. The van der Waals surface area contributed by atoms with E-state index in [1.54, 1.807) is 4.57 Å². The largest absolute Gasteiger partial charge is 0.396 e. The second-order valence-corrected chi connectivity index (χ2v) is 4.51. The molecule has 1 fully saturated rings. The zero-order valence-electron chi connectivity index (χ0n) is 8.78. The van der Waals surface area contributed by atoms with E-state index in [0.29, 0.717) is 6.54 Å². The molecule has 0 radical (unpaired) electrons. The predicted octanol–water partition coefficient (Wildman–Crippen LogP) is 0.514. The van der Waals surface area contributed by atoms with Crippen LogP contribution in [0.2, 0.25) is 0 Å². The van der Waals surface area contributed by atoms with Crippen LogP contribution in [0, 0.1) is 5.41 Å². The summed E-state index contributed by atoms with van der Waals surface area (Å²) in [5.41, 5.74) is -0.292. The Hall–Kier alpha value is -1.10. The highest BCUT2D eigenvalue weighted by Gasteiger charge is 2.32. The molecular formula is C10H17N3O2. The fraction of sp³-hybridized carbons (Fsp3) is 0.800. The van der Waals surface area contributed by atoms with Gasteiger partial charge in [-0.15, -0.1) is 0 Å². The molecule has 1 saturated carbocycles. The van der Waals surface area contributed by atoms with Gasteiger partial charge in [-0.05, 0) is 12.8 Å². The van der Waals surface area contributed by atoms with Crippen LogP contribution in [0.4, 0.5) is 0 Å². The van der Waals surface area contributed by atoms with Crippen molar-refractivity contribution in [1.29, 1.82) is 0 Å². The van der Waals surface area contributed by atoms with Gasteiger partial charge in [-0.1, -0.05) is 19.3 Å². The standard InChI is InChI=1S/C10H17N3O2/c14-7-10(4-2-1-3-5-10)6-13-8-11-12-9(13)15/h8,14H,1-7H2,(H,12,15). The van der Waals surface area contributed by atoms with Crippen molar-refractivity contribution in [2.75, 3.05) is 6.61 Å². The summed E-state index contributed by atoms with van der Waals surface area (Å²) in [7, 11) is 0. The highest BCUT2D eigenvalue weighted by atomic mass is 16.3. The summed E-state index contributed by atoms with van der Waals surface area (Å²) >= 11 is 0. The van der Waals surface area contributed by atoms with E-state index in [4.69, 9.17) is 0 Å². The molecule has 1 aliphatic carbocycles. The number of H-pyrrole nitrogens is 1. The van der Waals surface area contributed by atoms with Crippen LogP contribution in [0.3, 0.4) is 0 Å². The summed E-state index contributed by atoms with van der Waals surface area (Å²) < 4.78 is 1.56. The summed E-state index contributed by atoms with van der Waals surface area (Å²) in [5, 5.41) is 15.6. The number of aliphatic hydroxyl groups excluding tert-OH is 1. The summed E-state index contributed by atoms with van der Waals surface area (Å²) in [4.78, 5) is 11.3. The number of aromatic nitrogens is 3. The molecule has 0 atom stereocenters. The lowest BCUT2D eigenvalue weighted by molar-refractivity contribution is 0.0637. The Morgan fingerprint density at radius 2 is 2.20 bits per heavy atom. The van der Waals surface area contributed by atoms with Gasteiger partial charge < -0.3 is 5.11 Å². The first kappa shape index (κ1) is 10.4. The minimum atomic E-state index is -0.187. The van der Waals surface area contributed by atoms with Gasteiger partial charge in [-0.3, -0.25) is 4.57 Å². The monoisotopic (exact) mass is 211 g/mol. The first-order valence-corrected chi connectivity index (χ1v) is 5.46. The number of hydrogen-bond donors (Lipinski definition) is 2. The van der Waals surface area contributed by atoms with Crippen molar-refractivity contribution in [3.05, 3.63) is 16.8 Å². The van der Waals surface area contributed by atoms with E-state index in [0.717, 1.165) is 25.7 Å². The molecular weight excluding hydrogens is 194 g/mol. The highest BCUT2D eigenvalue weighted by Crippen LogP contribution is 2.36. The molecule has 0 spiro atoms. The Kier molecular flexibility index (Phi) is 2.90. The van der Waals surface area contributed by atoms with E-state index in [-0.39, 0.29) is 17.7 Å². The van der Waals surface area contributed by atoms with Gasteiger partial charge in [-0.25, -0.2) is 9.89 Å². The second-order valence-electron chi connectivity index (χ2n) is 4.51. The summed E-state index contributed by atoms with van der Waals surface area (Å²) in [5.74, 6) is 0. The van der Waals surface area contributed by atoms with Crippen LogP contribution in [0.25, 0.3) is 0 Å². The molecule has 0 saturated heterocycles. The van der Waals surface area contributed by atoms with Crippen LogP contribution in [-0.4, -0.2) is 26.5 Å². The molecule has 84 valence electrons. The average molecular weight is 211 g/mol. The minimum Gasteiger partial charge on any atom is -0.396 e. The van der Waals surface area contributed by atoms with Crippen molar-refractivity contribution in [3.8, 4) is 0 Å². The molecule has 2 N–H and O–H groups in total. The van der Waals surface area contributed by atoms with Crippen molar-refractivity contribution in [1.82, 2.24) is 14.8 Å². The number of aromatic amines is 1. The Balaban J connectivity index is 2.14. The number of nitrogens with one attached hydrogen (secondary N) is 1. The number of nitrogens with zero attached hydrogens (tertiary/aromatic N) is 2. The zero-order chi connectivity index (χ0) is 10.7. The smallest absolute Gasteiger partial charge is 0.343 e. The summed E-state index contributed by atoms with van der Waals surface area (Å²) in [6, 6.07) is 0. The van der Waals surface area contributed by atoms with E-state index >= 15 is 0 Å². The molecule has 15 heavy (non-hydrogen) atoms. The van der Waals surface area contributed by atoms with E-state index in [1.165, 1.54) is 12.7 Å². The second kappa shape index (κ2) is 4.18. The molecule has 0 amide bonds. The van der Waals surface area contributed by atoms with Gasteiger partial charge in [0.25, 0.3) is 0 Å². The molecule has 1 aromatic rings. The molecule has 1 aliphatic rings. The Morgan fingerprint density at radius 3 is 2.73 bits per heavy atom. The van der Waals surface area contributed by atoms with Crippen molar-refractivity contribution in [3.63, 3.8) is 0 Å². The predicted molar refractivity (Wildman–Crippen MR) is 55.5 cm³/mol. The van der Waals surface area contributed by atoms with Gasteiger partial charge in [0.15, 0.2) is 0 Å². The minimum absolute atomic E-state index is 0.105. The van der Waals surface area contributed by atoms with Crippen molar-refractivity contribution in [2.24, 2.45) is 5.41 Å². The van der Waals surface area contributed by atoms with Gasteiger partial charge in [0.05, 0.1) is 6.61 Å². The normalized spacial score (nSPS) is 20.3. The molecule has 0 aromatic carbocycles. The maximum atomic E-state index is 11.3. The molecule has 5 nitrogen and oxygen atoms in total. The van der Waals surface area contributed by atoms with E-state index in [1.807, 2.05) is 0 Å². The maximum absolute atomic E-state index is 11.3. The van der Waals surface area contributed by atoms with Crippen LogP contribution in [0.5, 0.6) is 0 Å². The van der Waals surface area contributed by atoms with Crippen LogP contribution in [0.15, 0.2) is 11.1 Å². The first-order valence-electron chi connectivity index (χ1n) is 5.46. The quantitative estimate of drug-likeness (QED) is 0.765.